The van der Waals surface area contributed by atoms with E-state index in [-0.39, 0.29) is 11.6 Å². The number of guanidine groups is 1. The lowest BCUT2D eigenvalue weighted by Crippen LogP contribution is -2.43. The highest BCUT2D eigenvalue weighted by atomic mass is 16.5. The van der Waals surface area contributed by atoms with Crippen LogP contribution in [0.15, 0.2) is 58.4 Å². The Morgan fingerprint density at radius 2 is 1.97 bits per heavy atom. The molecule has 0 spiro atoms. The molecule has 0 bridgehead atoms. The minimum atomic E-state index is 0.0541. The predicted molar refractivity (Wildman–Crippen MR) is 126 cm³/mol. The molecule has 0 aliphatic carbocycles. The van der Waals surface area contributed by atoms with Gasteiger partial charge in [-0.15, -0.1) is 0 Å². The third-order valence-corrected chi connectivity index (χ3v) is 5.76. The molecular weight excluding hydrogens is 390 g/mol. The van der Waals surface area contributed by atoms with Gasteiger partial charge < -0.3 is 19.9 Å². The molecule has 1 saturated heterocycles. The third-order valence-electron chi connectivity index (χ3n) is 5.76. The molecule has 3 rings (SSSR count). The van der Waals surface area contributed by atoms with Gasteiger partial charge in [0.25, 0.3) is 0 Å². The van der Waals surface area contributed by atoms with Crippen molar-refractivity contribution < 1.29 is 4.74 Å². The number of pyridine rings is 1. The summed E-state index contributed by atoms with van der Waals surface area (Å²) in [5, 5.41) is 6.90. The van der Waals surface area contributed by atoms with Gasteiger partial charge in [0.05, 0.1) is 13.2 Å². The number of unbranched alkanes of at least 4 members (excludes halogenated alkanes) is 1. The summed E-state index contributed by atoms with van der Waals surface area (Å²) in [6, 6.07) is 13.9. The first kappa shape index (κ1) is 22.9. The zero-order valence-electron chi connectivity index (χ0n) is 18.7. The topological polar surface area (TPSA) is 70.9 Å². The fourth-order valence-electron chi connectivity index (χ4n) is 4.03. The van der Waals surface area contributed by atoms with Crippen molar-refractivity contribution in [2.45, 2.75) is 38.3 Å². The highest BCUT2D eigenvalue weighted by Crippen LogP contribution is 2.27. The van der Waals surface area contributed by atoms with Crippen molar-refractivity contribution in [1.29, 1.82) is 0 Å². The number of hydrogen-bond acceptors (Lipinski definition) is 4. The van der Waals surface area contributed by atoms with Gasteiger partial charge in [-0.25, -0.2) is 0 Å². The highest BCUT2D eigenvalue weighted by Gasteiger charge is 2.24. The molecule has 2 heterocycles. The molecule has 7 heteroatoms. The molecule has 2 aromatic rings. The van der Waals surface area contributed by atoms with Gasteiger partial charge in [0.1, 0.15) is 5.75 Å². The van der Waals surface area contributed by atoms with E-state index in [0.717, 1.165) is 57.3 Å². The first-order valence-electron chi connectivity index (χ1n) is 11.2. The van der Waals surface area contributed by atoms with E-state index in [0.29, 0.717) is 0 Å². The number of aliphatic imine (C=N–C) groups is 1. The fraction of sp³-hybridized carbons (Fsp3) is 0.500. The van der Waals surface area contributed by atoms with Crippen LogP contribution in [0.5, 0.6) is 5.75 Å². The van der Waals surface area contributed by atoms with Gasteiger partial charge in [-0.05, 0) is 62.5 Å². The molecule has 0 radical (unpaired) electrons. The van der Waals surface area contributed by atoms with Crippen LogP contribution in [0.25, 0.3) is 0 Å². The summed E-state index contributed by atoms with van der Waals surface area (Å²) in [6.45, 7) is 4.57. The molecule has 31 heavy (non-hydrogen) atoms. The summed E-state index contributed by atoms with van der Waals surface area (Å²) in [7, 11) is 3.51. The Kier molecular flexibility index (Phi) is 8.97. The van der Waals surface area contributed by atoms with Gasteiger partial charge in [0.15, 0.2) is 5.96 Å². The number of aromatic nitrogens is 1. The first-order chi connectivity index (χ1) is 15.2. The Balaban J connectivity index is 1.48. The lowest BCUT2D eigenvalue weighted by atomic mass is 10.1. The largest absolute Gasteiger partial charge is 0.497 e. The van der Waals surface area contributed by atoms with Crippen LogP contribution in [0.4, 0.5) is 0 Å². The quantitative estimate of drug-likeness (QED) is 0.348. The number of likely N-dealkylation sites (tertiary alicyclic amines) is 1. The molecule has 7 nitrogen and oxygen atoms in total. The molecule has 1 aliphatic heterocycles. The summed E-state index contributed by atoms with van der Waals surface area (Å²) >= 11 is 0. The second kappa shape index (κ2) is 12.2. The number of rotatable bonds is 10. The van der Waals surface area contributed by atoms with E-state index in [1.54, 1.807) is 30.9 Å². The lowest BCUT2D eigenvalue weighted by Gasteiger charge is -2.29. The summed E-state index contributed by atoms with van der Waals surface area (Å²) < 4.78 is 7.19. The van der Waals surface area contributed by atoms with Crippen molar-refractivity contribution in [1.82, 2.24) is 20.1 Å². The molecule has 0 saturated carbocycles. The van der Waals surface area contributed by atoms with Crippen molar-refractivity contribution >= 4 is 5.96 Å². The number of nitrogens with one attached hydrogen (secondary N) is 2. The van der Waals surface area contributed by atoms with Gasteiger partial charge in [0, 0.05) is 38.9 Å². The third kappa shape index (κ3) is 6.85. The Morgan fingerprint density at radius 3 is 2.71 bits per heavy atom. The predicted octanol–water partition coefficient (Wildman–Crippen LogP) is 2.64. The molecule has 0 amide bonds. The average molecular weight is 426 g/mol. The molecular formula is C24H35N5O2. The van der Waals surface area contributed by atoms with E-state index in [2.05, 4.69) is 38.7 Å². The maximum atomic E-state index is 11.8. The number of methoxy groups -OCH3 is 1. The summed E-state index contributed by atoms with van der Waals surface area (Å²) in [5.74, 6) is 1.70. The molecule has 1 fully saturated rings. The van der Waals surface area contributed by atoms with E-state index in [1.165, 1.54) is 18.4 Å². The SMILES string of the molecule is CN=C(NCCCCn1ccccc1=O)NCC(c1cccc(OC)c1)N1CCCC1. The fourth-order valence-corrected chi connectivity index (χ4v) is 4.03. The standard InChI is InChI=1S/C24H35N5O2/c1-25-24(26-13-4-6-17-29-16-5-3-12-23(29)30)27-19-22(28-14-7-8-15-28)20-10-9-11-21(18-20)31-2/h3,5,9-12,16,18,22H,4,6-8,13-15,17,19H2,1-2H3,(H2,25,26,27). The van der Waals surface area contributed by atoms with Crippen molar-refractivity contribution in [3.8, 4) is 5.75 Å². The number of ether oxygens (including phenoxy) is 1. The zero-order chi connectivity index (χ0) is 21.9. The molecule has 1 aromatic carbocycles. The minimum absolute atomic E-state index is 0.0541. The smallest absolute Gasteiger partial charge is 0.250 e. The van der Waals surface area contributed by atoms with Crippen molar-refractivity contribution in [3.05, 3.63) is 64.6 Å². The van der Waals surface area contributed by atoms with Crippen LogP contribution < -0.4 is 20.9 Å². The minimum Gasteiger partial charge on any atom is -0.497 e. The number of hydrogen-bond donors (Lipinski definition) is 2. The van der Waals surface area contributed by atoms with E-state index in [9.17, 15) is 4.79 Å². The molecule has 1 atom stereocenters. The van der Waals surface area contributed by atoms with Crippen LogP contribution in [0.2, 0.25) is 0 Å². The molecule has 1 unspecified atom stereocenters. The Morgan fingerprint density at radius 1 is 1.13 bits per heavy atom. The maximum absolute atomic E-state index is 11.8. The van der Waals surface area contributed by atoms with Crippen molar-refractivity contribution in [2.24, 2.45) is 4.99 Å². The van der Waals surface area contributed by atoms with Crippen LogP contribution in [0, 0.1) is 0 Å². The summed E-state index contributed by atoms with van der Waals surface area (Å²) in [4.78, 5) is 18.7. The van der Waals surface area contributed by atoms with Gasteiger partial charge in [-0.2, -0.15) is 0 Å². The van der Waals surface area contributed by atoms with E-state index in [1.807, 2.05) is 18.3 Å². The molecule has 2 N–H and O–H groups in total. The van der Waals surface area contributed by atoms with Crippen LogP contribution in [0.1, 0.15) is 37.3 Å². The molecule has 168 valence electrons. The second-order valence-electron chi connectivity index (χ2n) is 7.85. The van der Waals surface area contributed by atoms with Gasteiger partial charge in [0.2, 0.25) is 5.56 Å². The number of nitrogens with zero attached hydrogens (tertiary/aromatic N) is 3. The monoisotopic (exact) mass is 425 g/mol. The van der Waals surface area contributed by atoms with Gasteiger partial charge in [-0.3, -0.25) is 14.7 Å². The van der Waals surface area contributed by atoms with Gasteiger partial charge in [-0.1, -0.05) is 18.2 Å². The molecule has 1 aliphatic rings. The maximum Gasteiger partial charge on any atom is 0.250 e. The molecule has 1 aromatic heterocycles. The van der Waals surface area contributed by atoms with Crippen LogP contribution in [-0.2, 0) is 6.54 Å². The average Bonchev–Trinajstić information content (AvgIpc) is 3.33. The van der Waals surface area contributed by atoms with Crippen molar-refractivity contribution in [2.75, 3.05) is 40.3 Å². The van der Waals surface area contributed by atoms with Gasteiger partial charge >= 0.3 is 0 Å². The Hall–Kier alpha value is -2.80. The highest BCUT2D eigenvalue weighted by molar-refractivity contribution is 5.79. The van der Waals surface area contributed by atoms with E-state index in [4.69, 9.17) is 4.74 Å². The second-order valence-corrected chi connectivity index (χ2v) is 7.85. The van der Waals surface area contributed by atoms with Crippen molar-refractivity contribution in [3.63, 3.8) is 0 Å². The summed E-state index contributed by atoms with van der Waals surface area (Å²) in [5.41, 5.74) is 1.32. The summed E-state index contributed by atoms with van der Waals surface area (Å²) in [6.07, 6.45) is 6.24. The Bertz CT molecular complexity index is 889. The van der Waals surface area contributed by atoms with Crippen LogP contribution in [0.3, 0.4) is 0 Å². The lowest BCUT2D eigenvalue weighted by molar-refractivity contribution is 0.245. The zero-order valence-corrected chi connectivity index (χ0v) is 18.7. The van der Waals surface area contributed by atoms with Crippen LogP contribution >= 0.6 is 0 Å². The first-order valence-corrected chi connectivity index (χ1v) is 11.2. The van der Waals surface area contributed by atoms with E-state index >= 15 is 0 Å². The van der Waals surface area contributed by atoms with E-state index < -0.39 is 0 Å². The van der Waals surface area contributed by atoms with Crippen LogP contribution in [-0.4, -0.2) is 55.8 Å². The normalized spacial score (nSPS) is 15.6. The number of benzene rings is 1. The Labute approximate surface area is 185 Å². The number of aryl methyl sites for hydroxylation is 1.